The van der Waals surface area contributed by atoms with E-state index in [4.69, 9.17) is 0 Å². The Labute approximate surface area is 94.8 Å². The molecule has 0 aliphatic carbocycles. The second-order valence-corrected chi connectivity index (χ2v) is 6.95. The number of hydrogen-bond donors (Lipinski definition) is 0. The molecule has 15 heavy (non-hydrogen) atoms. The quantitative estimate of drug-likeness (QED) is 0.799. The summed E-state index contributed by atoms with van der Waals surface area (Å²) in [5.74, 6) is 0.191. The van der Waals surface area contributed by atoms with Crippen LogP contribution < -0.4 is 0 Å². The molecule has 1 aromatic rings. The van der Waals surface area contributed by atoms with Crippen molar-refractivity contribution in [2.45, 2.75) is 26.3 Å². The second-order valence-electron chi connectivity index (χ2n) is 3.74. The average molecular weight is 245 g/mol. The molecule has 0 aromatic carbocycles. The minimum Gasteiger partial charge on any atom is -0.212 e. The first-order valence-corrected chi connectivity index (χ1v) is 7.61. The Morgan fingerprint density at radius 3 is 3.00 bits per heavy atom. The van der Waals surface area contributed by atoms with Gasteiger partial charge in [-0.25, -0.2) is 8.42 Å². The van der Waals surface area contributed by atoms with Gasteiger partial charge >= 0.3 is 0 Å². The van der Waals surface area contributed by atoms with Crippen LogP contribution in [-0.4, -0.2) is 25.0 Å². The number of sulfonamides is 1. The average Bonchev–Trinajstić information content (AvgIpc) is 2.66. The minimum atomic E-state index is -3.05. The van der Waals surface area contributed by atoms with Crippen molar-refractivity contribution >= 4 is 21.4 Å². The van der Waals surface area contributed by atoms with E-state index in [2.05, 4.69) is 0 Å². The fraction of sp³-hybridized carbons (Fsp3) is 0.600. The normalized spacial score (nSPS) is 22.7. The van der Waals surface area contributed by atoms with Crippen molar-refractivity contribution in [1.82, 2.24) is 4.31 Å². The van der Waals surface area contributed by atoms with Gasteiger partial charge in [-0.3, -0.25) is 0 Å². The molecular formula is C10H15NO2S2. The third-order valence-electron chi connectivity index (χ3n) is 2.94. The molecule has 0 radical (unpaired) electrons. The number of fused-ring (bicyclic) bond motifs is 1. The van der Waals surface area contributed by atoms with Gasteiger partial charge in [-0.05, 0) is 37.3 Å². The predicted molar refractivity (Wildman–Crippen MR) is 62.6 cm³/mol. The molecule has 1 atom stereocenters. The third kappa shape index (κ3) is 1.84. The van der Waals surface area contributed by atoms with Gasteiger partial charge in [0.2, 0.25) is 10.0 Å². The van der Waals surface area contributed by atoms with E-state index in [1.54, 1.807) is 22.6 Å². The first-order chi connectivity index (χ1) is 7.06. The standard InChI is InChI=1S/C10H15NO2S2/c1-3-15(12,13)11-6-4-10-9(8(11)2)5-7-14-10/h5,7-8H,3-4,6H2,1-2H3. The topological polar surface area (TPSA) is 37.4 Å². The van der Waals surface area contributed by atoms with Gasteiger partial charge in [0.05, 0.1) is 5.75 Å². The van der Waals surface area contributed by atoms with Crippen LogP contribution in [0.25, 0.3) is 0 Å². The van der Waals surface area contributed by atoms with Crippen molar-refractivity contribution in [3.8, 4) is 0 Å². The van der Waals surface area contributed by atoms with Crippen molar-refractivity contribution in [2.24, 2.45) is 0 Å². The zero-order chi connectivity index (χ0) is 11.1. The fourth-order valence-corrected chi connectivity index (χ4v) is 4.29. The zero-order valence-corrected chi connectivity index (χ0v) is 10.6. The van der Waals surface area contributed by atoms with E-state index < -0.39 is 10.0 Å². The van der Waals surface area contributed by atoms with Crippen LogP contribution in [0, 0.1) is 0 Å². The minimum absolute atomic E-state index is 0.00458. The summed E-state index contributed by atoms with van der Waals surface area (Å²) < 4.78 is 25.3. The Bertz CT molecular complexity index is 450. The number of rotatable bonds is 2. The molecular weight excluding hydrogens is 230 g/mol. The molecule has 0 bridgehead atoms. The Balaban J connectivity index is 2.35. The monoisotopic (exact) mass is 245 g/mol. The lowest BCUT2D eigenvalue weighted by Gasteiger charge is -2.32. The maximum Gasteiger partial charge on any atom is 0.214 e. The van der Waals surface area contributed by atoms with Crippen LogP contribution in [-0.2, 0) is 16.4 Å². The molecule has 0 amide bonds. The highest BCUT2D eigenvalue weighted by atomic mass is 32.2. The zero-order valence-electron chi connectivity index (χ0n) is 8.93. The fourth-order valence-electron chi connectivity index (χ4n) is 2.03. The lowest BCUT2D eigenvalue weighted by Crippen LogP contribution is -2.39. The molecule has 5 heteroatoms. The summed E-state index contributed by atoms with van der Waals surface area (Å²) in [5, 5.41) is 2.04. The van der Waals surface area contributed by atoms with Crippen LogP contribution in [0.2, 0.25) is 0 Å². The van der Waals surface area contributed by atoms with Crippen molar-refractivity contribution in [3.63, 3.8) is 0 Å². The molecule has 84 valence electrons. The van der Waals surface area contributed by atoms with Crippen LogP contribution in [0.5, 0.6) is 0 Å². The van der Waals surface area contributed by atoms with E-state index >= 15 is 0 Å². The van der Waals surface area contributed by atoms with Gasteiger partial charge in [0.1, 0.15) is 0 Å². The summed E-state index contributed by atoms with van der Waals surface area (Å²) in [6.45, 7) is 4.30. The van der Waals surface area contributed by atoms with Gasteiger partial charge < -0.3 is 0 Å². The SMILES string of the molecule is CCS(=O)(=O)N1CCc2sccc2C1C. The number of thiophene rings is 1. The van der Waals surface area contributed by atoms with Crippen molar-refractivity contribution in [1.29, 1.82) is 0 Å². The first-order valence-electron chi connectivity index (χ1n) is 5.12. The Hall–Kier alpha value is -0.390. The molecule has 0 saturated heterocycles. The van der Waals surface area contributed by atoms with Crippen LogP contribution in [0.3, 0.4) is 0 Å². The Morgan fingerprint density at radius 1 is 1.60 bits per heavy atom. The van der Waals surface area contributed by atoms with Crippen molar-refractivity contribution < 1.29 is 8.42 Å². The highest BCUT2D eigenvalue weighted by molar-refractivity contribution is 7.89. The van der Waals surface area contributed by atoms with Gasteiger partial charge in [-0.15, -0.1) is 11.3 Å². The summed E-state index contributed by atoms with van der Waals surface area (Å²) in [6.07, 6.45) is 0.858. The number of nitrogens with zero attached hydrogens (tertiary/aromatic N) is 1. The van der Waals surface area contributed by atoms with Gasteiger partial charge in [-0.1, -0.05) is 0 Å². The summed E-state index contributed by atoms with van der Waals surface area (Å²) in [6, 6.07) is 2.05. The summed E-state index contributed by atoms with van der Waals surface area (Å²) >= 11 is 1.73. The molecule has 1 aromatic heterocycles. The van der Waals surface area contributed by atoms with E-state index in [0.29, 0.717) is 6.54 Å². The highest BCUT2D eigenvalue weighted by Crippen LogP contribution is 2.34. The molecule has 1 aliphatic heterocycles. The smallest absolute Gasteiger partial charge is 0.212 e. The van der Waals surface area contributed by atoms with Gasteiger partial charge in [0, 0.05) is 17.5 Å². The molecule has 0 N–H and O–H groups in total. The van der Waals surface area contributed by atoms with Crippen LogP contribution in [0.4, 0.5) is 0 Å². The Kier molecular flexibility index (Phi) is 2.87. The van der Waals surface area contributed by atoms with E-state index in [9.17, 15) is 8.42 Å². The van der Waals surface area contributed by atoms with Crippen LogP contribution >= 0.6 is 11.3 Å². The van der Waals surface area contributed by atoms with E-state index in [1.807, 2.05) is 18.4 Å². The second kappa shape index (κ2) is 3.88. The molecule has 2 rings (SSSR count). The first kappa shape index (κ1) is 11.1. The van der Waals surface area contributed by atoms with Crippen LogP contribution in [0.1, 0.15) is 30.3 Å². The van der Waals surface area contributed by atoms with Crippen molar-refractivity contribution in [2.75, 3.05) is 12.3 Å². The summed E-state index contributed by atoms with van der Waals surface area (Å²) in [7, 11) is -3.05. The van der Waals surface area contributed by atoms with Gasteiger partial charge in [0.25, 0.3) is 0 Å². The Morgan fingerprint density at radius 2 is 2.33 bits per heavy atom. The highest BCUT2D eigenvalue weighted by Gasteiger charge is 2.31. The molecule has 1 unspecified atom stereocenters. The largest absolute Gasteiger partial charge is 0.214 e. The predicted octanol–water partition coefficient (Wildman–Crippen LogP) is 2.02. The molecule has 1 aliphatic rings. The molecule has 0 spiro atoms. The number of hydrogen-bond acceptors (Lipinski definition) is 3. The third-order valence-corrected chi connectivity index (χ3v) is 5.88. The van der Waals surface area contributed by atoms with E-state index in [-0.39, 0.29) is 11.8 Å². The summed E-state index contributed by atoms with van der Waals surface area (Å²) in [5.41, 5.74) is 1.18. The molecule has 2 heterocycles. The molecule has 0 fully saturated rings. The van der Waals surface area contributed by atoms with Gasteiger partial charge in [-0.2, -0.15) is 4.31 Å². The maximum absolute atomic E-state index is 11.8. The van der Waals surface area contributed by atoms with E-state index in [0.717, 1.165) is 6.42 Å². The van der Waals surface area contributed by atoms with E-state index in [1.165, 1.54) is 10.4 Å². The molecule has 0 saturated carbocycles. The van der Waals surface area contributed by atoms with Gasteiger partial charge in [0.15, 0.2) is 0 Å². The molecule has 3 nitrogen and oxygen atoms in total. The summed E-state index contributed by atoms with van der Waals surface area (Å²) in [4.78, 5) is 1.34. The van der Waals surface area contributed by atoms with Crippen LogP contribution in [0.15, 0.2) is 11.4 Å². The lowest BCUT2D eigenvalue weighted by molar-refractivity contribution is 0.330. The lowest BCUT2D eigenvalue weighted by atomic mass is 10.0. The maximum atomic E-state index is 11.8. The van der Waals surface area contributed by atoms with Crippen molar-refractivity contribution in [3.05, 3.63) is 21.9 Å².